The first-order chi connectivity index (χ1) is 12.1. The van der Waals surface area contributed by atoms with E-state index in [0.717, 1.165) is 47.3 Å². The van der Waals surface area contributed by atoms with Crippen LogP contribution in [0.25, 0.3) is 0 Å². The summed E-state index contributed by atoms with van der Waals surface area (Å²) >= 11 is 7.13. The highest BCUT2D eigenvalue weighted by atomic mass is 79.9. The van der Waals surface area contributed by atoms with Gasteiger partial charge in [-0.05, 0) is 67.1 Å². The molecule has 2 rings (SSSR count). The van der Waals surface area contributed by atoms with Gasteiger partial charge >= 0.3 is 0 Å². The van der Waals surface area contributed by atoms with Gasteiger partial charge in [-0.15, -0.1) is 0 Å². The summed E-state index contributed by atoms with van der Waals surface area (Å²) in [6, 6.07) is 14.7. The van der Waals surface area contributed by atoms with Crippen molar-refractivity contribution < 1.29 is 4.74 Å². The van der Waals surface area contributed by atoms with Gasteiger partial charge in [-0.25, -0.2) is 0 Å². The average Bonchev–Trinajstić information content (AvgIpc) is 2.58. The second kappa shape index (κ2) is 11.0. The monoisotopic (exact) mass is 468 g/mol. The number of benzene rings is 2. The number of nitrogens with zero attached hydrogens (tertiary/aromatic N) is 1. The summed E-state index contributed by atoms with van der Waals surface area (Å²) in [4.78, 5) is 2.36. The molecule has 0 heterocycles. The molecule has 2 aromatic rings. The Balaban J connectivity index is 1.74. The first-order valence-corrected chi connectivity index (χ1v) is 10.2. The fraction of sp³-hybridized carbons (Fsp3) is 0.400. The molecule has 0 aliphatic heterocycles. The summed E-state index contributed by atoms with van der Waals surface area (Å²) in [5, 5.41) is 3.53. The molecule has 3 nitrogen and oxygen atoms in total. The third kappa shape index (κ3) is 7.10. The Bertz CT molecular complexity index is 650. The molecule has 0 atom stereocenters. The first-order valence-electron chi connectivity index (χ1n) is 8.64. The van der Waals surface area contributed by atoms with Crippen LogP contribution in [-0.2, 0) is 13.1 Å². The Morgan fingerprint density at radius 2 is 1.88 bits per heavy atom. The average molecular weight is 470 g/mol. The number of hydrogen-bond acceptors (Lipinski definition) is 3. The van der Waals surface area contributed by atoms with Crippen LogP contribution in [0.2, 0.25) is 0 Å². The molecule has 0 fully saturated rings. The fourth-order valence-electron chi connectivity index (χ4n) is 2.72. The Labute approximate surface area is 168 Å². The van der Waals surface area contributed by atoms with E-state index in [4.69, 9.17) is 4.74 Å². The highest BCUT2D eigenvalue weighted by molar-refractivity contribution is 9.11. The maximum absolute atomic E-state index is 5.77. The Kier molecular flexibility index (Phi) is 8.96. The van der Waals surface area contributed by atoms with Gasteiger partial charge in [-0.2, -0.15) is 0 Å². The lowest BCUT2D eigenvalue weighted by atomic mass is 10.2. The second-order valence-corrected chi connectivity index (χ2v) is 7.83. The fourth-order valence-corrected chi connectivity index (χ4v) is 4.15. The standard InChI is InChI=1S/C20H26Br2N2O/c1-3-25-20-17(12-18(21)13-19(20)22)14-23-10-7-11-24(2)15-16-8-5-4-6-9-16/h4-6,8-9,12-13,23H,3,7,10-11,14-15H2,1-2H3. The van der Waals surface area contributed by atoms with E-state index in [1.807, 2.05) is 13.0 Å². The van der Waals surface area contributed by atoms with E-state index < -0.39 is 0 Å². The number of rotatable bonds is 10. The third-order valence-electron chi connectivity index (χ3n) is 3.88. The SMILES string of the molecule is CCOc1c(Br)cc(Br)cc1CNCCCN(C)Cc1ccccc1. The zero-order valence-electron chi connectivity index (χ0n) is 14.9. The van der Waals surface area contributed by atoms with Crippen LogP contribution < -0.4 is 10.1 Å². The van der Waals surface area contributed by atoms with Gasteiger partial charge in [-0.1, -0.05) is 46.3 Å². The number of ether oxygens (including phenoxy) is 1. The summed E-state index contributed by atoms with van der Waals surface area (Å²) in [6.45, 7) is 6.52. The van der Waals surface area contributed by atoms with Crippen molar-refractivity contribution in [2.24, 2.45) is 0 Å². The van der Waals surface area contributed by atoms with Crippen molar-refractivity contribution >= 4 is 31.9 Å². The largest absolute Gasteiger partial charge is 0.492 e. The van der Waals surface area contributed by atoms with Gasteiger partial charge in [0.05, 0.1) is 11.1 Å². The van der Waals surface area contributed by atoms with Crippen LogP contribution in [-0.4, -0.2) is 31.6 Å². The van der Waals surface area contributed by atoms with Crippen molar-refractivity contribution in [2.75, 3.05) is 26.7 Å². The van der Waals surface area contributed by atoms with Crippen molar-refractivity contribution in [1.29, 1.82) is 0 Å². The summed E-state index contributed by atoms with van der Waals surface area (Å²) < 4.78 is 7.82. The van der Waals surface area contributed by atoms with Gasteiger partial charge in [0.15, 0.2) is 0 Å². The maximum atomic E-state index is 5.77. The topological polar surface area (TPSA) is 24.5 Å². The molecule has 2 aromatic carbocycles. The van der Waals surface area contributed by atoms with Crippen LogP contribution in [0.1, 0.15) is 24.5 Å². The van der Waals surface area contributed by atoms with Gasteiger partial charge in [0.2, 0.25) is 0 Å². The van der Waals surface area contributed by atoms with E-state index in [0.29, 0.717) is 6.61 Å². The molecule has 0 aliphatic carbocycles. The highest BCUT2D eigenvalue weighted by Gasteiger charge is 2.09. The van der Waals surface area contributed by atoms with E-state index in [1.165, 1.54) is 11.1 Å². The van der Waals surface area contributed by atoms with Crippen molar-refractivity contribution in [3.05, 3.63) is 62.5 Å². The first kappa shape index (κ1) is 20.4. The van der Waals surface area contributed by atoms with Gasteiger partial charge in [-0.3, -0.25) is 0 Å². The van der Waals surface area contributed by atoms with Crippen LogP contribution in [0.3, 0.4) is 0 Å². The lowest BCUT2D eigenvalue weighted by molar-refractivity contribution is 0.318. The molecule has 0 aromatic heterocycles. The maximum Gasteiger partial charge on any atom is 0.138 e. The van der Waals surface area contributed by atoms with Gasteiger partial charge in [0.1, 0.15) is 5.75 Å². The molecule has 0 spiro atoms. The summed E-state index contributed by atoms with van der Waals surface area (Å²) in [5.41, 5.74) is 2.53. The smallest absolute Gasteiger partial charge is 0.138 e. The van der Waals surface area contributed by atoms with E-state index >= 15 is 0 Å². The van der Waals surface area contributed by atoms with E-state index in [-0.39, 0.29) is 0 Å². The van der Waals surface area contributed by atoms with Gasteiger partial charge in [0.25, 0.3) is 0 Å². The molecule has 0 saturated carbocycles. The summed E-state index contributed by atoms with van der Waals surface area (Å²) in [7, 11) is 2.17. The zero-order chi connectivity index (χ0) is 18.1. The molecule has 0 aliphatic rings. The van der Waals surface area contributed by atoms with Crippen molar-refractivity contribution in [3.8, 4) is 5.75 Å². The van der Waals surface area contributed by atoms with Crippen LogP contribution in [0.5, 0.6) is 5.75 Å². The Morgan fingerprint density at radius 3 is 2.60 bits per heavy atom. The van der Waals surface area contributed by atoms with Gasteiger partial charge in [0, 0.05) is 23.1 Å². The van der Waals surface area contributed by atoms with Gasteiger partial charge < -0.3 is 15.0 Å². The molecule has 1 N–H and O–H groups in total. The molecule has 25 heavy (non-hydrogen) atoms. The molecule has 0 radical (unpaired) electrons. The summed E-state index contributed by atoms with van der Waals surface area (Å²) in [6.07, 6.45) is 1.11. The van der Waals surface area contributed by atoms with E-state index in [1.54, 1.807) is 0 Å². The molecule has 0 unspecified atom stereocenters. The van der Waals surface area contributed by atoms with E-state index in [9.17, 15) is 0 Å². The predicted octanol–water partition coefficient (Wildman–Crippen LogP) is 5.22. The lowest BCUT2D eigenvalue weighted by Gasteiger charge is -2.17. The predicted molar refractivity (Wildman–Crippen MR) is 112 cm³/mol. The molecule has 136 valence electrons. The summed E-state index contributed by atoms with van der Waals surface area (Å²) in [5.74, 6) is 0.930. The molecule has 5 heteroatoms. The highest BCUT2D eigenvalue weighted by Crippen LogP contribution is 2.32. The van der Waals surface area contributed by atoms with Crippen LogP contribution in [0, 0.1) is 0 Å². The number of hydrogen-bond donors (Lipinski definition) is 1. The number of halogens is 2. The minimum absolute atomic E-state index is 0.664. The van der Waals surface area contributed by atoms with Crippen molar-refractivity contribution in [3.63, 3.8) is 0 Å². The molecule has 0 bridgehead atoms. The molecule has 0 amide bonds. The molecular weight excluding hydrogens is 444 g/mol. The second-order valence-electron chi connectivity index (χ2n) is 6.06. The van der Waals surface area contributed by atoms with Crippen LogP contribution in [0.4, 0.5) is 0 Å². The normalized spacial score (nSPS) is 11.1. The Morgan fingerprint density at radius 1 is 1.12 bits per heavy atom. The van der Waals surface area contributed by atoms with Crippen molar-refractivity contribution in [2.45, 2.75) is 26.4 Å². The zero-order valence-corrected chi connectivity index (χ0v) is 18.1. The van der Waals surface area contributed by atoms with Crippen LogP contribution >= 0.6 is 31.9 Å². The molecule has 0 saturated heterocycles. The lowest BCUT2D eigenvalue weighted by Crippen LogP contribution is -2.24. The third-order valence-corrected chi connectivity index (χ3v) is 4.93. The van der Waals surface area contributed by atoms with Crippen molar-refractivity contribution in [1.82, 2.24) is 10.2 Å². The Hall–Kier alpha value is -0.880. The van der Waals surface area contributed by atoms with Crippen LogP contribution in [0.15, 0.2) is 51.4 Å². The quantitative estimate of drug-likeness (QED) is 0.482. The minimum Gasteiger partial charge on any atom is -0.492 e. The molecular formula is C20H26Br2N2O. The minimum atomic E-state index is 0.664. The van der Waals surface area contributed by atoms with E-state index in [2.05, 4.69) is 85.5 Å². The number of nitrogens with one attached hydrogen (secondary N) is 1.